The van der Waals surface area contributed by atoms with Crippen LogP contribution in [-0.4, -0.2) is 69.1 Å². The van der Waals surface area contributed by atoms with Crippen molar-refractivity contribution in [2.24, 2.45) is 0 Å². The molecule has 1 aromatic carbocycles. The standard InChI is InChI=1S/C26H28N6O4/c33-21-5-4-20(24(34)30-21)32-25(35)18-3-1-2-16(22(18)26(32)36)14-31-10-7-15(8-11-31)23-28-13-17-12-27-9-6-19(17)29-23/h1-3,13,15,20,27H,4-12,14H2,(H,30,33,34). The zero-order chi connectivity index (χ0) is 24.8. The van der Waals surface area contributed by atoms with Gasteiger partial charge in [-0.3, -0.25) is 34.3 Å². The van der Waals surface area contributed by atoms with Crippen molar-refractivity contribution < 1.29 is 19.2 Å². The van der Waals surface area contributed by atoms with Crippen LogP contribution in [0.4, 0.5) is 0 Å². The van der Waals surface area contributed by atoms with E-state index in [-0.39, 0.29) is 18.7 Å². The van der Waals surface area contributed by atoms with E-state index in [1.54, 1.807) is 12.1 Å². The molecule has 0 aliphatic carbocycles. The van der Waals surface area contributed by atoms with Gasteiger partial charge >= 0.3 is 0 Å². The summed E-state index contributed by atoms with van der Waals surface area (Å²) in [5.41, 5.74) is 3.84. The SMILES string of the molecule is O=C1CCC(N2C(=O)c3cccc(CN4CCC(c5ncc6c(n5)CCNC6)CC4)c3C2=O)C(=O)N1. The smallest absolute Gasteiger partial charge is 0.262 e. The third-order valence-corrected chi connectivity index (χ3v) is 7.73. The Balaban J connectivity index is 1.15. The number of piperidine rings is 2. The van der Waals surface area contributed by atoms with Gasteiger partial charge in [0.1, 0.15) is 11.9 Å². The Morgan fingerprint density at radius 2 is 1.83 bits per heavy atom. The Bertz CT molecular complexity index is 1270. The van der Waals surface area contributed by atoms with Crippen molar-refractivity contribution in [1.82, 2.24) is 30.4 Å². The molecule has 0 bridgehead atoms. The van der Waals surface area contributed by atoms with Crippen LogP contribution in [0.3, 0.4) is 0 Å². The highest BCUT2D eigenvalue weighted by atomic mass is 16.2. The summed E-state index contributed by atoms with van der Waals surface area (Å²) >= 11 is 0. The number of benzene rings is 1. The molecule has 0 saturated carbocycles. The van der Waals surface area contributed by atoms with E-state index in [1.807, 2.05) is 12.3 Å². The molecule has 2 aromatic rings. The third kappa shape index (κ3) is 4.00. The topological polar surface area (TPSA) is 125 Å². The Morgan fingerprint density at radius 1 is 1.00 bits per heavy atom. The normalized spacial score (nSPS) is 23.0. The first kappa shape index (κ1) is 22.9. The third-order valence-electron chi connectivity index (χ3n) is 7.73. The van der Waals surface area contributed by atoms with Crippen molar-refractivity contribution in [2.45, 2.75) is 57.2 Å². The van der Waals surface area contributed by atoms with Gasteiger partial charge in [-0.1, -0.05) is 12.1 Å². The number of hydrogen-bond donors (Lipinski definition) is 2. The summed E-state index contributed by atoms with van der Waals surface area (Å²) in [6, 6.07) is 4.35. The van der Waals surface area contributed by atoms with Crippen LogP contribution in [0.25, 0.3) is 0 Å². The maximum Gasteiger partial charge on any atom is 0.262 e. The lowest BCUT2D eigenvalue weighted by atomic mass is 9.94. The fourth-order valence-corrected chi connectivity index (χ4v) is 5.76. The lowest BCUT2D eigenvalue weighted by molar-refractivity contribution is -0.136. The van der Waals surface area contributed by atoms with E-state index < -0.39 is 23.8 Å². The summed E-state index contributed by atoms with van der Waals surface area (Å²) in [5, 5.41) is 5.59. The summed E-state index contributed by atoms with van der Waals surface area (Å²) in [6.07, 6.45) is 5.02. The van der Waals surface area contributed by atoms with E-state index in [9.17, 15) is 19.2 Å². The summed E-state index contributed by atoms with van der Waals surface area (Å²) in [5.74, 6) is -0.651. The molecule has 1 atom stereocenters. The molecule has 6 rings (SSSR count). The van der Waals surface area contributed by atoms with E-state index in [2.05, 4.69) is 20.5 Å². The largest absolute Gasteiger partial charge is 0.312 e. The lowest BCUT2D eigenvalue weighted by Gasteiger charge is -2.32. The molecule has 186 valence electrons. The maximum absolute atomic E-state index is 13.4. The van der Waals surface area contributed by atoms with E-state index >= 15 is 0 Å². The number of carbonyl (C=O) groups is 4. The molecule has 4 aliphatic heterocycles. The van der Waals surface area contributed by atoms with Crippen LogP contribution in [0.5, 0.6) is 0 Å². The molecular weight excluding hydrogens is 460 g/mol. The fraction of sp³-hybridized carbons (Fsp3) is 0.462. The second-order valence-electron chi connectivity index (χ2n) is 9.96. The molecule has 2 fully saturated rings. The summed E-state index contributed by atoms with van der Waals surface area (Å²) in [6.45, 7) is 4.02. The number of amides is 4. The Kier molecular flexibility index (Phi) is 5.85. The zero-order valence-corrected chi connectivity index (χ0v) is 20.0. The van der Waals surface area contributed by atoms with E-state index in [0.29, 0.717) is 23.6 Å². The van der Waals surface area contributed by atoms with Crippen molar-refractivity contribution in [3.63, 3.8) is 0 Å². The molecule has 0 spiro atoms. The molecule has 4 amide bonds. The number of rotatable bonds is 4. The van der Waals surface area contributed by atoms with Gasteiger partial charge in [0.05, 0.1) is 11.1 Å². The first-order chi connectivity index (χ1) is 17.5. The summed E-state index contributed by atoms with van der Waals surface area (Å²) in [7, 11) is 0. The molecule has 5 heterocycles. The second-order valence-corrected chi connectivity index (χ2v) is 9.96. The molecule has 10 nitrogen and oxygen atoms in total. The Hall–Kier alpha value is -3.50. The highest BCUT2D eigenvalue weighted by molar-refractivity contribution is 6.24. The van der Waals surface area contributed by atoms with Gasteiger partial charge in [-0.25, -0.2) is 9.97 Å². The molecule has 10 heteroatoms. The Labute approximate surface area is 208 Å². The lowest BCUT2D eigenvalue weighted by Crippen LogP contribution is -2.54. The second kappa shape index (κ2) is 9.18. The van der Waals surface area contributed by atoms with Gasteiger partial charge in [-0.15, -0.1) is 0 Å². The number of imide groups is 2. The first-order valence-electron chi connectivity index (χ1n) is 12.6. The zero-order valence-electron chi connectivity index (χ0n) is 20.0. The Morgan fingerprint density at radius 3 is 2.64 bits per heavy atom. The fourth-order valence-electron chi connectivity index (χ4n) is 5.76. The predicted molar refractivity (Wildman–Crippen MR) is 128 cm³/mol. The predicted octanol–water partition coefficient (Wildman–Crippen LogP) is 0.903. The molecule has 1 unspecified atom stereocenters. The quantitative estimate of drug-likeness (QED) is 0.609. The van der Waals surface area contributed by atoms with Crippen LogP contribution in [0.15, 0.2) is 24.4 Å². The molecule has 2 saturated heterocycles. The van der Waals surface area contributed by atoms with Crippen molar-refractivity contribution in [3.8, 4) is 0 Å². The van der Waals surface area contributed by atoms with Crippen molar-refractivity contribution in [3.05, 3.63) is 58.2 Å². The molecular formula is C26H28N6O4. The van der Waals surface area contributed by atoms with Gasteiger partial charge in [0.25, 0.3) is 11.8 Å². The van der Waals surface area contributed by atoms with Gasteiger partial charge < -0.3 is 5.32 Å². The molecule has 36 heavy (non-hydrogen) atoms. The summed E-state index contributed by atoms with van der Waals surface area (Å²) < 4.78 is 0. The van der Waals surface area contributed by atoms with Gasteiger partial charge in [0.2, 0.25) is 11.8 Å². The highest BCUT2D eigenvalue weighted by Crippen LogP contribution is 2.32. The molecule has 2 N–H and O–H groups in total. The van der Waals surface area contributed by atoms with Crippen molar-refractivity contribution in [2.75, 3.05) is 19.6 Å². The van der Waals surface area contributed by atoms with E-state index in [0.717, 1.165) is 67.4 Å². The minimum absolute atomic E-state index is 0.108. The molecule has 1 aromatic heterocycles. The van der Waals surface area contributed by atoms with Gasteiger partial charge in [-0.05, 0) is 44.0 Å². The average molecular weight is 489 g/mol. The number of carbonyl (C=O) groups excluding carboxylic acids is 4. The van der Waals surface area contributed by atoms with Gasteiger partial charge in [0.15, 0.2) is 0 Å². The van der Waals surface area contributed by atoms with Crippen LogP contribution >= 0.6 is 0 Å². The number of likely N-dealkylation sites (tertiary alicyclic amines) is 1. The van der Waals surface area contributed by atoms with Crippen molar-refractivity contribution >= 4 is 23.6 Å². The minimum atomic E-state index is -0.953. The molecule has 0 radical (unpaired) electrons. The van der Waals surface area contributed by atoms with E-state index in [4.69, 9.17) is 4.98 Å². The number of fused-ring (bicyclic) bond motifs is 2. The monoisotopic (exact) mass is 488 g/mol. The van der Waals surface area contributed by atoms with Gasteiger partial charge in [0, 0.05) is 55.8 Å². The van der Waals surface area contributed by atoms with Crippen LogP contribution in [0, 0.1) is 0 Å². The van der Waals surface area contributed by atoms with Crippen LogP contribution in [0.2, 0.25) is 0 Å². The maximum atomic E-state index is 13.4. The molecule has 4 aliphatic rings. The first-order valence-corrected chi connectivity index (χ1v) is 12.6. The number of nitrogens with one attached hydrogen (secondary N) is 2. The van der Waals surface area contributed by atoms with Crippen LogP contribution in [0.1, 0.15) is 75.0 Å². The summed E-state index contributed by atoms with van der Waals surface area (Å²) in [4.78, 5) is 63.2. The van der Waals surface area contributed by atoms with Crippen molar-refractivity contribution in [1.29, 1.82) is 0 Å². The number of nitrogens with zero attached hydrogens (tertiary/aromatic N) is 4. The van der Waals surface area contributed by atoms with Gasteiger partial charge in [-0.2, -0.15) is 0 Å². The number of aromatic nitrogens is 2. The highest BCUT2D eigenvalue weighted by Gasteiger charge is 2.45. The van der Waals surface area contributed by atoms with E-state index in [1.165, 1.54) is 5.56 Å². The van der Waals surface area contributed by atoms with Crippen LogP contribution < -0.4 is 10.6 Å². The average Bonchev–Trinajstić information content (AvgIpc) is 3.15. The van der Waals surface area contributed by atoms with Crippen LogP contribution in [-0.2, 0) is 29.1 Å². The number of hydrogen-bond acceptors (Lipinski definition) is 8. The minimum Gasteiger partial charge on any atom is -0.312 e.